The Hall–Kier alpha value is -1.92. The van der Waals surface area contributed by atoms with Crippen molar-refractivity contribution in [3.05, 3.63) is 29.8 Å². The number of anilines is 1. The first-order valence-electron chi connectivity index (χ1n) is 6.36. The first-order valence-corrected chi connectivity index (χ1v) is 6.36. The van der Waals surface area contributed by atoms with Crippen molar-refractivity contribution in [2.75, 3.05) is 25.6 Å². The highest BCUT2D eigenvalue weighted by Gasteiger charge is 2.13. The van der Waals surface area contributed by atoms with E-state index >= 15 is 0 Å². The number of nitrogens with two attached hydrogens (primary N) is 1. The summed E-state index contributed by atoms with van der Waals surface area (Å²) >= 11 is 0. The number of nitrogens with one attached hydrogen (secondary N) is 1. The number of benzene rings is 1. The Morgan fingerprint density at radius 2 is 2.15 bits per heavy atom. The van der Waals surface area contributed by atoms with Gasteiger partial charge in [0, 0.05) is 12.8 Å². The maximum atomic E-state index is 11.7. The van der Waals surface area contributed by atoms with Crippen LogP contribution in [0.1, 0.15) is 12.5 Å². The van der Waals surface area contributed by atoms with Crippen LogP contribution in [0.3, 0.4) is 0 Å². The van der Waals surface area contributed by atoms with Crippen LogP contribution in [0, 0.1) is 0 Å². The van der Waals surface area contributed by atoms with Crippen LogP contribution in [0.4, 0.5) is 5.69 Å². The summed E-state index contributed by atoms with van der Waals surface area (Å²) in [6, 6.07) is 6.27. The quantitative estimate of drug-likeness (QED) is 0.718. The highest BCUT2D eigenvalue weighted by molar-refractivity contribution is 5.94. The van der Waals surface area contributed by atoms with Gasteiger partial charge in [-0.15, -0.1) is 0 Å². The number of hydrogen-bond donors (Lipinski definition) is 2. The normalized spacial score (nSPS) is 11.8. The van der Waals surface area contributed by atoms with E-state index in [9.17, 15) is 9.59 Å². The van der Waals surface area contributed by atoms with Crippen LogP contribution in [0.5, 0.6) is 0 Å². The molecule has 0 aliphatic carbocycles. The summed E-state index contributed by atoms with van der Waals surface area (Å²) in [5, 5.41) is 2.68. The maximum absolute atomic E-state index is 11.7. The molecule has 0 aliphatic heterocycles. The molecule has 110 valence electrons. The molecule has 3 N–H and O–H groups in total. The van der Waals surface area contributed by atoms with Gasteiger partial charge in [-0.1, -0.05) is 12.1 Å². The maximum Gasteiger partial charge on any atom is 0.310 e. The van der Waals surface area contributed by atoms with Crippen molar-refractivity contribution < 1.29 is 19.1 Å². The number of hydrogen-bond acceptors (Lipinski definition) is 5. The van der Waals surface area contributed by atoms with Crippen LogP contribution in [-0.2, 0) is 25.5 Å². The van der Waals surface area contributed by atoms with E-state index in [-0.39, 0.29) is 24.9 Å². The van der Waals surface area contributed by atoms with Crippen LogP contribution in [0.2, 0.25) is 0 Å². The first-order chi connectivity index (χ1) is 9.56. The van der Waals surface area contributed by atoms with Gasteiger partial charge in [0.05, 0.1) is 19.6 Å². The average molecular weight is 280 g/mol. The first kappa shape index (κ1) is 16.1. The average Bonchev–Trinajstić information content (AvgIpc) is 2.39. The molecule has 0 spiro atoms. The lowest BCUT2D eigenvalue weighted by atomic mass is 10.1. The van der Waals surface area contributed by atoms with E-state index in [0.717, 1.165) is 5.56 Å². The summed E-state index contributed by atoms with van der Waals surface area (Å²) < 4.78 is 9.69. The summed E-state index contributed by atoms with van der Waals surface area (Å²) in [6.45, 7) is 2.25. The molecule has 1 amide bonds. The number of esters is 1. The number of carbonyl (C=O) groups excluding carboxylic acids is 2. The Labute approximate surface area is 118 Å². The van der Waals surface area contributed by atoms with Crippen molar-refractivity contribution in [2.24, 2.45) is 5.73 Å². The second-order valence-corrected chi connectivity index (χ2v) is 4.23. The lowest BCUT2D eigenvalue weighted by molar-refractivity contribution is -0.142. The summed E-state index contributed by atoms with van der Waals surface area (Å²) in [7, 11) is 1.48. The van der Waals surface area contributed by atoms with Gasteiger partial charge < -0.3 is 20.5 Å². The zero-order chi connectivity index (χ0) is 15.0. The van der Waals surface area contributed by atoms with Crippen LogP contribution < -0.4 is 11.1 Å². The molecule has 0 radical (unpaired) electrons. The van der Waals surface area contributed by atoms with Crippen molar-refractivity contribution in [2.45, 2.75) is 19.4 Å². The number of amides is 1. The number of rotatable bonds is 7. The van der Waals surface area contributed by atoms with Gasteiger partial charge >= 0.3 is 5.97 Å². The van der Waals surface area contributed by atoms with Crippen molar-refractivity contribution in [3.8, 4) is 0 Å². The molecule has 0 saturated heterocycles. The smallest absolute Gasteiger partial charge is 0.310 e. The van der Waals surface area contributed by atoms with Gasteiger partial charge in [-0.05, 0) is 24.6 Å². The molecule has 0 heterocycles. The third-order valence-corrected chi connectivity index (χ3v) is 2.53. The topological polar surface area (TPSA) is 90.7 Å². The SMILES string of the molecule is CCOC(=O)Cc1cccc(NC(=O)C(N)COC)c1. The lowest BCUT2D eigenvalue weighted by Crippen LogP contribution is -2.39. The predicted molar refractivity (Wildman–Crippen MR) is 75.3 cm³/mol. The van der Waals surface area contributed by atoms with Gasteiger partial charge in [-0.3, -0.25) is 9.59 Å². The van der Waals surface area contributed by atoms with Gasteiger partial charge in [0.15, 0.2) is 0 Å². The monoisotopic (exact) mass is 280 g/mol. The molecule has 1 aromatic rings. The molecule has 1 aromatic carbocycles. The fraction of sp³-hybridized carbons (Fsp3) is 0.429. The second kappa shape index (κ2) is 8.29. The van der Waals surface area contributed by atoms with Gasteiger partial charge in [0.2, 0.25) is 5.91 Å². The number of methoxy groups -OCH3 is 1. The largest absolute Gasteiger partial charge is 0.466 e. The summed E-state index contributed by atoms with van der Waals surface area (Å²) in [5.74, 6) is -0.632. The van der Waals surface area contributed by atoms with E-state index in [4.69, 9.17) is 15.2 Å². The number of ether oxygens (including phenoxy) is 2. The van der Waals surface area contributed by atoms with Gasteiger partial charge in [0.25, 0.3) is 0 Å². The molecule has 0 saturated carbocycles. The van der Waals surface area contributed by atoms with Crippen LogP contribution in [-0.4, -0.2) is 38.2 Å². The van der Waals surface area contributed by atoms with E-state index in [0.29, 0.717) is 12.3 Å². The molecule has 0 aliphatic rings. The summed E-state index contributed by atoms with van der Waals surface area (Å²) in [4.78, 5) is 23.1. The highest BCUT2D eigenvalue weighted by Crippen LogP contribution is 2.12. The third kappa shape index (κ3) is 5.38. The van der Waals surface area contributed by atoms with E-state index in [1.54, 1.807) is 31.2 Å². The molecule has 6 nitrogen and oxygen atoms in total. The van der Waals surface area contributed by atoms with Crippen LogP contribution in [0.25, 0.3) is 0 Å². The fourth-order valence-electron chi connectivity index (χ4n) is 1.63. The molecule has 6 heteroatoms. The minimum atomic E-state index is -0.728. The zero-order valence-electron chi connectivity index (χ0n) is 11.7. The Kier molecular flexibility index (Phi) is 6.69. The molecular weight excluding hydrogens is 260 g/mol. The minimum absolute atomic E-state index is 0.147. The second-order valence-electron chi connectivity index (χ2n) is 4.23. The highest BCUT2D eigenvalue weighted by atomic mass is 16.5. The van der Waals surface area contributed by atoms with E-state index in [2.05, 4.69) is 5.32 Å². The lowest BCUT2D eigenvalue weighted by Gasteiger charge is -2.12. The molecule has 0 aromatic heterocycles. The molecule has 1 rings (SSSR count). The summed E-state index contributed by atoms with van der Waals surface area (Å²) in [6.07, 6.45) is 0.168. The summed E-state index contributed by atoms with van der Waals surface area (Å²) in [5.41, 5.74) is 6.97. The van der Waals surface area contributed by atoms with Gasteiger partial charge in [0.1, 0.15) is 6.04 Å². The minimum Gasteiger partial charge on any atom is -0.466 e. The van der Waals surface area contributed by atoms with Crippen molar-refractivity contribution >= 4 is 17.6 Å². The Balaban J connectivity index is 2.63. The molecule has 20 heavy (non-hydrogen) atoms. The van der Waals surface area contributed by atoms with Crippen molar-refractivity contribution in [1.29, 1.82) is 0 Å². The molecule has 0 fully saturated rings. The molecule has 1 atom stereocenters. The predicted octanol–water partition coefficient (Wildman–Crippen LogP) is 0.704. The van der Waals surface area contributed by atoms with Gasteiger partial charge in [-0.25, -0.2) is 0 Å². The molecule has 0 bridgehead atoms. The standard InChI is InChI=1S/C14H20N2O4/c1-3-20-13(17)8-10-5-4-6-11(7-10)16-14(18)12(15)9-19-2/h4-7,12H,3,8-9,15H2,1-2H3,(H,16,18). The third-order valence-electron chi connectivity index (χ3n) is 2.53. The van der Waals surface area contributed by atoms with Crippen LogP contribution in [0.15, 0.2) is 24.3 Å². The van der Waals surface area contributed by atoms with Crippen LogP contribution >= 0.6 is 0 Å². The van der Waals surface area contributed by atoms with E-state index < -0.39 is 6.04 Å². The van der Waals surface area contributed by atoms with E-state index in [1.807, 2.05) is 0 Å². The fourth-order valence-corrected chi connectivity index (χ4v) is 1.63. The Morgan fingerprint density at radius 3 is 2.80 bits per heavy atom. The molecular formula is C14H20N2O4. The Morgan fingerprint density at radius 1 is 1.40 bits per heavy atom. The van der Waals surface area contributed by atoms with Crippen molar-refractivity contribution in [1.82, 2.24) is 0 Å². The van der Waals surface area contributed by atoms with Crippen molar-refractivity contribution in [3.63, 3.8) is 0 Å². The number of carbonyl (C=O) groups is 2. The zero-order valence-corrected chi connectivity index (χ0v) is 11.7. The molecule has 1 unspecified atom stereocenters. The Bertz CT molecular complexity index is 462. The van der Waals surface area contributed by atoms with Gasteiger partial charge in [-0.2, -0.15) is 0 Å². The van der Waals surface area contributed by atoms with E-state index in [1.165, 1.54) is 7.11 Å².